The Balaban J connectivity index is 1.45. The zero-order valence-corrected chi connectivity index (χ0v) is 16.8. The van der Waals surface area contributed by atoms with E-state index in [0.29, 0.717) is 11.3 Å². The summed E-state index contributed by atoms with van der Waals surface area (Å²) in [6, 6.07) is 16.1. The van der Waals surface area contributed by atoms with E-state index in [9.17, 15) is 14.4 Å². The van der Waals surface area contributed by atoms with E-state index in [1.54, 1.807) is 24.3 Å². The molecule has 0 saturated carbocycles. The fourth-order valence-electron chi connectivity index (χ4n) is 4.09. The number of ether oxygens (including phenoxy) is 1. The number of carbonyl (C=O) groups excluding carboxylic acids is 3. The number of para-hydroxylation sites is 1. The zero-order chi connectivity index (χ0) is 21.3. The third-order valence-electron chi connectivity index (χ3n) is 5.63. The van der Waals surface area contributed by atoms with Gasteiger partial charge in [-0.1, -0.05) is 18.2 Å². The Kier molecular flexibility index (Phi) is 5.52. The first-order valence-electron chi connectivity index (χ1n) is 9.86. The van der Waals surface area contributed by atoms with Gasteiger partial charge in [-0.3, -0.25) is 19.9 Å². The predicted octanol–water partition coefficient (Wildman–Crippen LogP) is 1.56. The van der Waals surface area contributed by atoms with Crippen LogP contribution in [0.2, 0.25) is 0 Å². The Morgan fingerprint density at radius 3 is 2.47 bits per heavy atom. The predicted molar refractivity (Wildman–Crippen MR) is 112 cm³/mol. The first-order valence-corrected chi connectivity index (χ1v) is 9.86. The van der Waals surface area contributed by atoms with Crippen LogP contribution in [-0.4, -0.2) is 43.5 Å². The van der Waals surface area contributed by atoms with Crippen molar-refractivity contribution in [2.75, 3.05) is 24.0 Å². The Hall–Kier alpha value is -3.23. The van der Waals surface area contributed by atoms with Crippen molar-refractivity contribution >= 4 is 29.0 Å². The Labute approximate surface area is 174 Å². The van der Waals surface area contributed by atoms with E-state index in [1.807, 2.05) is 42.3 Å². The average Bonchev–Trinajstić information content (AvgIpc) is 3.11. The van der Waals surface area contributed by atoms with Crippen molar-refractivity contribution in [3.05, 3.63) is 60.2 Å². The molecule has 2 aliphatic rings. The van der Waals surface area contributed by atoms with Crippen LogP contribution in [0.5, 0.6) is 0 Å². The molecule has 0 aliphatic carbocycles. The molecule has 2 aromatic rings. The second-order valence-electron chi connectivity index (χ2n) is 7.52. The number of nitrogens with zero attached hydrogens (tertiary/aromatic N) is 1. The minimum absolute atomic E-state index is 0.0825. The van der Waals surface area contributed by atoms with Gasteiger partial charge in [0.2, 0.25) is 5.91 Å². The number of hydrogen-bond donors (Lipinski definition) is 3. The summed E-state index contributed by atoms with van der Waals surface area (Å²) < 4.78 is 4.67. The Morgan fingerprint density at radius 2 is 1.80 bits per heavy atom. The molecule has 2 fully saturated rings. The van der Waals surface area contributed by atoms with Crippen LogP contribution in [0.3, 0.4) is 0 Å². The second-order valence-corrected chi connectivity index (χ2v) is 7.52. The maximum atomic E-state index is 13.2. The lowest BCUT2D eigenvalue weighted by atomic mass is 9.83. The van der Waals surface area contributed by atoms with E-state index in [0.717, 1.165) is 5.69 Å². The van der Waals surface area contributed by atoms with Crippen LogP contribution in [0.4, 0.5) is 11.4 Å². The highest BCUT2D eigenvalue weighted by Gasteiger charge is 2.50. The quantitative estimate of drug-likeness (QED) is 0.521. The highest BCUT2D eigenvalue weighted by molar-refractivity contribution is 6.09. The summed E-state index contributed by atoms with van der Waals surface area (Å²) in [5.74, 6) is -2.03. The van der Waals surface area contributed by atoms with Crippen molar-refractivity contribution in [1.29, 1.82) is 0 Å². The van der Waals surface area contributed by atoms with Crippen molar-refractivity contribution in [1.82, 2.24) is 10.7 Å². The smallest absolute Gasteiger partial charge is 0.337 e. The van der Waals surface area contributed by atoms with Crippen LogP contribution in [0, 0.1) is 11.8 Å². The van der Waals surface area contributed by atoms with Gasteiger partial charge in [-0.15, -0.1) is 0 Å². The van der Waals surface area contributed by atoms with Crippen molar-refractivity contribution in [2.24, 2.45) is 11.8 Å². The molecule has 1 amide bonds. The third kappa shape index (κ3) is 3.67. The number of anilines is 2. The molecule has 2 aromatic carbocycles. The Bertz CT molecular complexity index is 947. The molecule has 4 unspecified atom stereocenters. The summed E-state index contributed by atoms with van der Waals surface area (Å²) in [6.07, 6.45) is -0.210. The number of esters is 1. The van der Waals surface area contributed by atoms with Gasteiger partial charge in [0.25, 0.3) is 0 Å². The minimum atomic E-state index is -0.786. The van der Waals surface area contributed by atoms with Gasteiger partial charge < -0.3 is 10.1 Å². The van der Waals surface area contributed by atoms with Crippen molar-refractivity contribution in [2.45, 2.75) is 19.1 Å². The van der Waals surface area contributed by atoms with Gasteiger partial charge in [0.15, 0.2) is 5.78 Å². The number of fused-ring (bicyclic) bond motifs is 1. The van der Waals surface area contributed by atoms with Gasteiger partial charge in [-0.2, -0.15) is 0 Å². The number of piperidine rings is 1. The number of nitrogens with one attached hydrogen (secondary N) is 3. The van der Waals surface area contributed by atoms with Gasteiger partial charge in [-0.05, 0) is 43.3 Å². The monoisotopic (exact) mass is 408 g/mol. The number of ketones is 1. The number of carbonyl (C=O) groups is 3. The van der Waals surface area contributed by atoms with E-state index in [2.05, 4.69) is 20.8 Å². The van der Waals surface area contributed by atoms with Crippen molar-refractivity contribution in [3.63, 3.8) is 0 Å². The molecule has 4 rings (SSSR count). The molecular formula is C22H24N4O4. The van der Waals surface area contributed by atoms with Gasteiger partial charge >= 0.3 is 5.97 Å². The number of hydrogen-bond acceptors (Lipinski definition) is 7. The van der Waals surface area contributed by atoms with Crippen LogP contribution in [0.25, 0.3) is 0 Å². The highest BCUT2D eigenvalue weighted by atomic mass is 16.5. The van der Waals surface area contributed by atoms with E-state index in [4.69, 9.17) is 0 Å². The highest BCUT2D eigenvalue weighted by Crippen LogP contribution is 2.31. The number of rotatable bonds is 4. The molecule has 2 aliphatic heterocycles. The molecule has 0 radical (unpaired) electrons. The second kappa shape index (κ2) is 8.25. The normalized spacial score (nSPS) is 25.5. The molecule has 2 heterocycles. The van der Waals surface area contributed by atoms with E-state index in [1.165, 1.54) is 7.11 Å². The maximum Gasteiger partial charge on any atom is 0.337 e. The molecule has 30 heavy (non-hydrogen) atoms. The lowest BCUT2D eigenvalue weighted by Gasteiger charge is -2.35. The van der Waals surface area contributed by atoms with E-state index >= 15 is 0 Å². The maximum absolute atomic E-state index is 13.2. The summed E-state index contributed by atoms with van der Waals surface area (Å²) in [4.78, 5) is 37.5. The molecular weight excluding hydrogens is 384 g/mol. The molecule has 4 atom stereocenters. The number of methoxy groups -OCH3 is 1. The van der Waals surface area contributed by atoms with Gasteiger partial charge in [0.1, 0.15) is 12.1 Å². The molecule has 2 saturated heterocycles. The molecule has 3 N–H and O–H groups in total. The molecule has 0 aromatic heterocycles. The van der Waals surface area contributed by atoms with Crippen LogP contribution >= 0.6 is 0 Å². The summed E-state index contributed by atoms with van der Waals surface area (Å²) in [6.45, 7) is 2.20. The zero-order valence-electron chi connectivity index (χ0n) is 16.8. The molecule has 0 spiro atoms. The third-order valence-corrected chi connectivity index (χ3v) is 5.63. The lowest BCUT2D eigenvalue weighted by molar-refractivity contribution is -0.136. The lowest BCUT2D eigenvalue weighted by Crippen LogP contribution is -2.58. The van der Waals surface area contributed by atoms with Crippen LogP contribution in [-0.2, 0) is 14.3 Å². The summed E-state index contributed by atoms with van der Waals surface area (Å²) in [5, 5.41) is 8.10. The van der Waals surface area contributed by atoms with Gasteiger partial charge in [-0.25, -0.2) is 10.2 Å². The number of benzene rings is 2. The average molecular weight is 408 g/mol. The fourth-order valence-corrected chi connectivity index (χ4v) is 4.09. The van der Waals surface area contributed by atoms with E-state index < -0.39 is 11.9 Å². The van der Waals surface area contributed by atoms with Crippen LogP contribution in [0.15, 0.2) is 54.6 Å². The SMILES string of the molecule is COC(=O)c1ccc(NC(=O)C2CNC3C(C2=O)C(C)NN3c2ccccc2)cc1. The summed E-state index contributed by atoms with van der Waals surface area (Å²) in [5.41, 5.74) is 5.22. The summed E-state index contributed by atoms with van der Waals surface area (Å²) in [7, 11) is 1.31. The van der Waals surface area contributed by atoms with E-state index in [-0.39, 0.29) is 36.4 Å². The van der Waals surface area contributed by atoms with Gasteiger partial charge in [0.05, 0.1) is 24.3 Å². The van der Waals surface area contributed by atoms with Crippen LogP contribution < -0.4 is 21.1 Å². The molecule has 8 nitrogen and oxygen atoms in total. The van der Waals surface area contributed by atoms with Crippen LogP contribution in [0.1, 0.15) is 17.3 Å². The largest absolute Gasteiger partial charge is 0.465 e. The fraction of sp³-hybridized carbons (Fsp3) is 0.318. The summed E-state index contributed by atoms with van der Waals surface area (Å²) >= 11 is 0. The number of Topliss-reactive ketones (excluding diaryl/α,β-unsaturated/α-hetero) is 1. The first kappa shape index (κ1) is 20.1. The number of amides is 1. The standard InChI is InChI=1S/C22H24N4O4/c1-13-18-19(27)17(12-23-20(18)26(25-13)16-6-4-3-5-7-16)21(28)24-15-10-8-14(9-11-15)22(29)30-2/h3-11,13,17-18,20,23,25H,12H2,1-2H3,(H,24,28). The molecule has 0 bridgehead atoms. The Morgan fingerprint density at radius 1 is 1.10 bits per heavy atom. The minimum Gasteiger partial charge on any atom is -0.465 e. The molecule has 156 valence electrons. The number of hydrazine groups is 1. The van der Waals surface area contributed by atoms with Crippen molar-refractivity contribution in [3.8, 4) is 0 Å². The van der Waals surface area contributed by atoms with Crippen molar-refractivity contribution < 1.29 is 19.1 Å². The molecule has 8 heteroatoms. The first-order chi connectivity index (χ1) is 14.5. The van der Waals surface area contributed by atoms with Gasteiger partial charge in [0, 0.05) is 18.3 Å². The topological polar surface area (TPSA) is 99.8 Å².